The van der Waals surface area contributed by atoms with Crippen molar-refractivity contribution in [1.82, 2.24) is 20.2 Å². The SMILES string of the molecule is CN=C(NCc1nccn1C(F)F)NCC(C)(C)c1ccccc1.I. The van der Waals surface area contributed by atoms with Crippen molar-refractivity contribution in [3.05, 3.63) is 54.1 Å². The standard InChI is InChI=1S/C17H23F2N5.HI/c1-17(2,13-7-5-4-6-8-13)12-23-16(20-3)22-11-14-21-9-10-24(14)15(18)19;/h4-10,15H,11-12H2,1-3H3,(H2,20,22,23);1H. The third-order valence-corrected chi connectivity index (χ3v) is 3.85. The van der Waals surface area contributed by atoms with Crippen molar-refractivity contribution in [3.63, 3.8) is 0 Å². The fraction of sp³-hybridized carbons (Fsp3) is 0.412. The summed E-state index contributed by atoms with van der Waals surface area (Å²) in [5.41, 5.74) is 1.11. The Morgan fingerprint density at radius 1 is 1.24 bits per heavy atom. The zero-order valence-corrected chi connectivity index (χ0v) is 16.9. The molecule has 5 nitrogen and oxygen atoms in total. The predicted molar refractivity (Wildman–Crippen MR) is 107 cm³/mol. The highest BCUT2D eigenvalue weighted by atomic mass is 127. The van der Waals surface area contributed by atoms with Crippen molar-refractivity contribution in [1.29, 1.82) is 0 Å². The third-order valence-electron chi connectivity index (χ3n) is 3.85. The van der Waals surface area contributed by atoms with E-state index in [9.17, 15) is 8.78 Å². The van der Waals surface area contributed by atoms with Gasteiger partial charge in [-0.25, -0.2) is 4.98 Å². The van der Waals surface area contributed by atoms with Crippen LogP contribution >= 0.6 is 24.0 Å². The summed E-state index contributed by atoms with van der Waals surface area (Å²) in [5.74, 6) is 0.804. The van der Waals surface area contributed by atoms with Crippen LogP contribution < -0.4 is 10.6 Å². The lowest BCUT2D eigenvalue weighted by atomic mass is 9.85. The molecule has 1 aromatic carbocycles. The minimum absolute atomic E-state index is 0. The van der Waals surface area contributed by atoms with Crippen LogP contribution in [-0.2, 0) is 12.0 Å². The van der Waals surface area contributed by atoms with Crippen LogP contribution in [0.2, 0.25) is 0 Å². The number of imidazole rings is 1. The smallest absolute Gasteiger partial charge is 0.319 e. The van der Waals surface area contributed by atoms with Gasteiger partial charge >= 0.3 is 6.55 Å². The Hall–Kier alpha value is -1.71. The van der Waals surface area contributed by atoms with Crippen LogP contribution in [0.25, 0.3) is 0 Å². The molecule has 2 aromatic rings. The number of nitrogens with zero attached hydrogens (tertiary/aromatic N) is 3. The fourth-order valence-corrected chi connectivity index (χ4v) is 2.34. The number of benzene rings is 1. The molecule has 0 bridgehead atoms. The molecule has 0 amide bonds. The van der Waals surface area contributed by atoms with Gasteiger partial charge in [-0.3, -0.25) is 9.56 Å². The van der Waals surface area contributed by atoms with E-state index in [0.29, 0.717) is 12.5 Å². The van der Waals surface area contributed by atoms with Gasteiger partial charge in [0.1, 0.15) is 5.82 Å². The lowest BCUT2D eigenvalue weighted by Gasteiger charge is -2.26. The van der Waals surface area contributed by atoms with Crippen molar-refractivity contribution >= 4 is 29.9 Å². The maximum absolute atomic E-state index is 12.8. The van der Waals surface area contributed by atoms with Crippen LogP contribution in [0, 0.1) is 0 Å². The summed E-state index contributed by atoms with van der Waals surface area (Å²) in [6.45, 7) is 2.48. The lowest BCUT2D eigenvalue weighted by Crippen LogP contribution is -2.43. The maximum atomic E-state index is 12.8. The second-order valence-corrected chi connectivity index (χ2v) is 6.06. The highest BCUT2D eigenvalue weighted by Gasteiger charge is 2.20. The van der Waals surface area contributed by atoms with E-state index in [-0.39, 0.29) is 41.8 Å². The number of hydrogen-bond donors (Lipinski definition) is 2. The Bertz CT molecular complexity index is 671. The van der Waals surface area contributed by atoms with E-state index in [1.165, 1.54) is 18.0 Å². The molecule has 0 saturated carbocycles. The van der Waals surface area contributed by atoms with E-state index in [0.717, 1.165) is 4.57 Å². The van der Waals surface area contributed by atoms with Crippen LogP contribution in [-0.4, -0.2) is 29.1 Å². The van der Waals surface area contributed by atoms with Gasteiger partial charge in [-0.15, -0.1) is 24.0 Å². The minimum atomic E-state index is -2.60. The number of nitrogens with one attached hydrogen (secondary N) is 2. The normalized spacial score (nSPS) is 12.0. The molecule has 0 atom stereocenters. The van der Waals surface area contributed by atoms with Gasteiger partial charge in [-0.05, 0) is 5.56 Å². The van der Waals surface area contributed by atoms with Crippen molar-refractivity contribution in [2.24, 2.45) is 4.99 Å². The first-order valence-electron chi connectivity index (χ1n) is 7.74. The summed E-state index contributed by atoms with van der Waals surface area (Å²) < 4.78 is 26.4. The number of alkyl halides is 2. The summed E-state index contributed by atoms with van der Waals surface area (Å²) >= 11 is 0. The van der Waals surface area contributed by atoms with Crippen LogP contribution in [0.4, 0.5) is 8.78 Å². The zero-order chi connectivity index (χ0) is 17.6. The highest BCUT2D eigenvalue weighted by Crippen LogP contribution is 2.21. The molecule has 0 radical (unpaired) electrons. The van der Waals surface area contributed by atoms with Gasteiger partial charge in [-0.1, -0.05) is 44.2 Å². The van der Waals surface area contributed by atoms with Gasteiger partial charge in [0, 0.05) is 31.4 Å². The van der Waals surface area contributed by atoms with Crippen molar-refractivity contribution in [2.45, 2.75) is 32.4 Å². The number of aromatic nitrogens is 2. The fourth-order valence-electron chi connectivity index (χ4n) is 2.34. The molecule has 0 aliphatic carbocycles. The monoisotopic (exact) mass is 463 g/mol. The summed E-state index contributed by atoms with van der Waals surface area (Å²) in [7, 11) is 1.64. The van der Waals surface area contributed by atoms with Gasteiger partial charge < -0.3 is 10.6 Å². The topological polar surface area (TPSA) is 54.2 Å². The maximum Gasteiger partial charge on any atom is 0.319 e. The van der Waals surface area contributed by atoms with E-state index >= 15 is 0 Å². The van der Waals surface area contributed by atoms with Gasteiger partial charge in [-0.2, -0.15) is 8.78 Å². The molecule has 138 valence electrons. The third kappa shape index (κ3) is 5.94. The second-order valence-electron chi connectivity index (χ2n) is 6.06. The number of guanidine groups is 1. The van der Waals surface area contributed by atoms with Gasteiger partial charge in [0.2, 0.25) is 0 Å². The molecule has 0 aliphatic heterocycles. The Labute approximate surface area is 164 Å². The quantitative estimate of drug-likeness (QED) is 0.392. The van der Waals surface area contributed by atoms with Crippen molar-refractivity contribution in [2.75, 3.05) is 13.6 Å². The van der Waals surface area contributed by atoms with E-state index < -0.39 is 6.55 Å². The predicted octanol–water partition coefficient (Wildman–Crippen LogP) is 3.54. The van der Waals surface area contributed by atoms with E-state index in [1.807, 2.05) is 18.2 Å². The van der Waals surface area contributed by atoms with Gasteiger partial charge in [0.15, 0.2) is 5.96 Å². The number of hydrogen-bond acceptors (Lipinski definition) is 2. The minimum Gasteiger partial charge on any atom is -0.356 e. The number of rotatable bonds is 6. The number of halogens is 3. The van der Waals surface area contributed by atoms with Crippen molar-refractivity contribution < 1.29 is 8.78 Å². The average molecular weight is 463 g/mol. The molecule has 2 rings (SSSR count). The van der Waals surface area contributed by atoms with E-state index in [1.54, 1.807) is 7.05 Å². The van der Waals surface area contributed by atoms with Crippen LogP contribution in [0.15, 0.2) is 47.7 Å². The molecule has 0 spiro atoms. The first-order chi connectivity index (χ1) is 11.4. The molecule has 0 saturated heterocycles. The molecule has 0 unspecified atom stereocenters. The summed E-state index contributed by atoms with van der Waals surface area (Å²) in [6.07, 6.45) is 2.62. The molecule has 8 heteroatoms. The summed E-state index contributed by atoms with van der Waals surface area (Å²) in [6, 6.07) is 10.2. The summed E-state index contributed by atoms with van der Waals surface area (Å²) in [5, 5.41) is 6.25. The zero-order valence-electron chi connectivity index (χ0n) is 14.5. The molecular weight excluding hydrogens is 439 g/mol. The first kappa shape index (κ1) is 21.3. The Kier molecular flexibility index (Phi) is 8.27. The van der Waals surface area contributed by atoms with Crippen LogP contribution in [0.5, 0.6) is 0 Å². The Morgan fingerprint density at radius 3 is 2.52 bits per heavy atom. The highest BCUT2D eigenvalue weighted by molar-refractivity contribution is 14.0. The van der Waals surface area contributed by atoms with Crippen LogP contribution in [0.3, 0.4) is 0 Å². The second kappa shape index (κ2) is 9.69. The molecule has 25 heavy (non-hydrogen) atoms. The number of aliphatic imine (C=N–C) groups is 1. The van der Waals surface area contributed by atoms with Gasteiger partial charge in [0.25, 0.3) is 0 Å². The largest absolute Gasteiger partial charge is 0.356 e. The Morgan fingerprint density at radius 2 is 1.92 bits per heavy atom. The first-order valence-corrected chi connectivity index (χ1v) is 7.74. The Balaban J connectivity index is 0.00000312. The van der Waals surface area contributed by atoms with E-state index in [2.05, 4.69) is 46.6 Å². The van der Waals surface area contributed by atoms with Crippen LogP contribution in [0.1, 0.15) is 31.8 Å². The lowest BCUT2D eigenvalue weighted by molar-refractivity contribution is 0.0668. The molecule has 2 N–H and O–H groups in total. The molecular formula is C17H24F2IN5. The van der Waals surface area contributed by atoms with Gasteiger partial charge in [0.05, 0.1) is 6.54 Å². The average Bonchev–Trinajstić information content (AvgIpc) is 3.04. The molecule has 0 fully saturated rings. The molecule has 1 aromatic heterocycles. The van der Waals surface area contributed by atoms with E-state index in [4.69, 9.17) is 0 Å². The molecule has 0 aliphatic rings. The summed E-state index contributed by atoms with van der Waals surface area (Å²) in [4.78, 5) is 8.07. The van der Waals surface area contributed by atoms with Crippen molar-refractivity contribution in [3.8, 4) is 0 Å². The molecule has 1 heterocycles.